The number of benzene rings is 1. The second-order valence-corrected chi connectivity index (χ2v) is 8.51. The van der Waals surface area contributed by atoms with Crippen molar-refractivity contribution in [3.8, 4) is 0 Å². The molecule has 6 nitrogen and oxygen atoms in total. The van der Waals surface area contributed by atoms with Gasteiger partial charge in [0.05, 0.1) is 27.9 Å². The van der Waals surface area contributed by atoms with Crippen molar-refractivity contribution in [2.45, 2.75) is 17.7 Å². The first-order valence-electron chi connectivity index (χ1n) is 9.36. The van der Waals surface area contributed by atoms with E-state index in [-0.39, 0.29) is 5.82 Å². The average Bonchev–Trinajstić information content (AvgIpc) is 3.14. The molecule has 0 spiro atoms. The first-order valence-corrected chi connectivity index (χ1v) is 10.1. The molecule has 1 fully saturated rings. The SMILES string of the molecule is Cn1cc(SN2CCC3=CC(=Nc4ccc(F)cc4)C(=CN)CC3(C=O)C2)cn1. The van der Waals surface area contributed by atoms with E-state index in [0.29, 0.717) is 18.7 Å². The van der Waals surface area contributed by atoms with Gasteiger partial charge in [-0.3, -0.25) is 4.68 Å². The minimum atomic E-state index is -0.611. The number of fused-ring (bicyclic) bond motifs is 1. The fraction of sp³-hybridized carbons (Fsp3) is 0.286. The molecule has 1 saturated heterocycles. The number of carbonyl (C=O) groups is 1. The molecular formula is C21H22FN5OS. The lowest BCUT2D eigenvalue weighted by atomic mass is 9.68. The van der Waals surface area contributed by atoms with Gasteiger partial charge in [-0.05, 0) is 66.9 Å². The van der Waals surface area contributed by atoms with Crippen LogP contribution in [0.2, 0.25) is 0 Å². The number of aryl methyl sites for hydroxylation is 1. The van der Waals surface area contributed by atoms with Crippen molar-refractivity contribution in [3.05, 3.63) is 65.9 Å². The van der Waals surface area contributed by atoms with Crippen LogP contribution in [0.25, 0.3) is 0 Å². The van der Waals surface area contributed by atoms with E-state index in [1.807, 2.05) is 25.5 Å². The summed E-state index contributed by atoms with van der Waals surface area (Å²) in [7, 11) is 1.88. The van der Waals surface area contributed by atoms with E-state index in [4.69, 9.17) is 5.73 Å². The maximum absolute atomic E-state index is 13.2. The standard InChI is InChI=1S/C21H22FN5OS/c1-26-12-19(11-24-26)29-27-7-6-16-8-20(25-18-4-2-17(22)3-5-18)15(10-23)9-21(16,13-27)14-28/h2-5,8,10-12,14H,6-7,9,13,23H2,1H3. The number of hydrogen-bond donors (Lipinski definition) is 1. The summed E-state index contributed by atoms with van der Waals surface area (Å²) >= 11 is 1.62. The fourth-order valence-electron chi connectivity index (χ4n) is 3.79. The molecule has 8 heteroatoms. The summed E-state index contributed by atoms with van der Waals surface area (Å²) in [5.74, 6) is -0.302. The second kappa shape index (κ2) is 7.96. The zero-order valence-corrected chi connectivity index (χ0v) is 16.9. The summed E-state index contributed by atoms with van der Waals surface area (Å²) in [6.07, 6.45) is 9.61. The van der Waals surface area contributed by atoms with Gasteiger partial charge < -0.3 is 10.5 Å². The molecule has 1 aliphatic carbocycles. The van der Waals surface area contributed by atoms with Gasteiger partial charge >= 0.3 is 0 Å². The lowest BCUT2D eigenvalue weighted by Crippen LogP contribution is -2.45. The fourth-order valence-corrected chi connectivity index (χ4v) is 4.86. The molecule has 0 saturated carbocycles. The molecule has 1 aromatic carbocycles. The molecule has 1 unspecified atom stereocenters. The Morgan fingerprint density at radius 3 is 2.79 bits per heavy atom. The van der Waals surface area contributed by atoms with Crippen molar-refractivity contribution in [1.82, 2.24) is 14.1 Å². The van der Waals surface area contributed by atoms with Crippen LogP contribution < -0.4 is 5.73 Å². The summed E-state index contributed by atoms with van der Waals surface area (Å²) in [5.41, 5.74) is 8.56. The van der Waals surface area contributed by atoms with Gasteiger partial charge in [-0.15, -0.1) is 0 Å². The minimum Gasteiger partial charge on any atom is -0.404 e. The molecule has 2 heterocycles. The van der Waals surface area contributed by atoms with Crippen LogP contribution in [0.15, 0.2) is 70.0 Å². The van der Waals surface area contributed by atoms with E-state index >= 15 is 0 Å². The van der Waals surface area contributed by atoms with Crippen LogP contribution >= 0.6 is 11.9 Å². The monoisotopic (exact) mass is 411 g/mol. The van der Waals surface area contributed by atoms with Crippen molar-refractivity contribution in [1.29, 1.82) is 0 Å². The number of carbonyl (C=O) groups excluding carboxylic acids is 1. The van der Waals surface area contributed by atoms with Gasteiger partial charge in [-0.1, -0.05) is 5.57 Å². The molecule has 1 atom stereocenters. The number of piperidine rings is 1. The lowest BCUT2D eigenvalue weighted by molar-refractivity contribution is -0.115. The van der Waals surface area contributed by atoms with Crippen LogP contribution in [0.3, 0.4) is 0 Å². The third kappa shape index (κ3) is 4.04. The van der Waals surface area contributed by atoms with Crippen LogP contribution in [0, 0.1) is 11.2 Å². The summed E-state index contributed by atoms with van der Waals surface area (Å²) in [5, 5.41) is 4.21. The number of nitrogens with zero attached hydrogens (tertiary/aromatic N) is 4. The van der Waals surface area contributed by atoms with E-state index in [2.05, 4.69) is 14.4 Å². The summed E-state index contributed by atoms with van der Waals surface area (Å²) in [6.45, 7) is 1.43. The zero-order chi connectivity index (χ0) is 20.4. The summed E-state index contributed by atoms with van der Waals surface area (Å²) < 4.78 is 17.1. The Hall–Kier alpha value is -2.71. The van der Waals surface area contributed by atoms with E-state index in [1.165, 1.54) is 18.3 Å². The third-order valence-electron chi connectivity index (χ3n) is 5.29. The predicted molar refractivity (Wildman–Crippen MR) is 112 cm³/mol. The Morgan fingerprint density at radius 1 is 1.34 bits per heavy atom. The number of nitrogens with two attached hydrogens (primary N) is 1. The molecule has 4 rings (SSSR count). The van der Waals surface area contributed by atoms with Crippen LogP contribution in [-0.2, 0) is 11.8 Å². The number of aliphatic imine (C=N–C) groups is 1. The highest BCUT2D eigenvalue weighted by molar-refractivity contribution is 7.97. The molecule has 0 bridgehead atoms. The van der Waals surface area contributed by atoms with Crippen molar-refractivity contribution >= 4 is 29.6 Å². The highest BCUT2D eigenvalue weighted by atomic mass is 32.2. The second-order valence-electron chi connectivity index (χ2n) is 7.34. The Balaban J connectivity index is 1.62. The molecule has 2 aliphatic rings. The molecule has 29 heavy (non-hydrogen) atoms. The molecule has 150 valence electrons. The van der Waals surface area contributed by atoms with Crippen LogP contribution in [-0.4, -0.2) is 39.2 Å². The van der Waals surface area contributed by atoms with Crippen molar-refractivity contribution < 1.29 is 9.18 Å². The first kappa shape index (κ1) is 19.6. The van der Waals surface area contributed by atoms with Gasteiger partial charge in [0.15, 0.2) is 0 Å². The molecular weight excluding hydrogens is 389 g/mol. The van der Waals surface area contributed by atoms with E-state index < -0.39 is 5.41 Å². The van der Waals surface area contributed by atoms with Crippen molar-refractivity contribution in [2.24, 2.45) is 23.2 Å². The van der Waals surface area contributed by atoms with Gasteiger partial charge in [0.1, 0.15) is 12.1 Å². The normalized spacial score (nSPS) is 25.1. The van der Waals surface area contributed by atoms with Crippen molar-refractivity contribution in [3.63, 3.8) is 0 Å². The summed E-state index contributed by atoms with van der Waals surface area (Å²) in [4.78, 5) is 17.9. The maximum atomic E-state index is 13.2. The molecule has 2 aromatic rings. The van der Waals surface area contributed by atoms with E-state index in [0.717, 1.165) is 41.0 Å². The Morgan fingerprint density at radius 2 is 2.14 bits per heavy atom. The van der Waals surface area contributed by atoms with Crippen LogP contribution in [0.1, 0.15) is 12.8 Å². The highest BCUT2D eigenvalue weighted by Gasteiger charge is 2.43. The largest absolute Gasteiger partial charge is 0.404 e. The number of rotatable bonds is 4. The van der Waals surface area contributed by atoms with Gasteiger partial charge in [0, 0.05) is 26.3 Å². The van der Waals surface area contributed by atoms with Gasteiger partial charge in [-0.25, -0.2) is 13.7 Å². The molecule has 1 aliphatic heterocycles. The van der Waals surface area contributed by atoms with Crippen molar-refractivity contribution in [2.75, 3.05) is 13.1 Å². The number of aldehydes is 1. The van der Waals surface area contributed by atoms with E-state index in [1.54, 1.807) is 28.8 Å². The minimum absolute atomic E-state index is 0.302. The molecule has 0 amide bonds. The zero-order valence-electron chi connectivity index (χ0n) is 16.1. The third-order valence-corrected chi connectivity index (χ3v) is 6.28. The smallest absolute Gasteiger partial charge is 0.131 e. The maximum Gasteiger partial charge on any atom is 0.131 e. The number of aromatic nitrogens is 2. The predicted octanol–water partition coefficient (Wildman–Crippen LogP) is 3.40. The number of hydrogen-bond acceptors (Lipinski definition) is 6. The molecule has 2 N–H and O–H groups in total. The first-order chi connectivity index (χ1) is 14.0. The van der Waals surface area contributed by atoms with E-state index in [9.17, 15) is 9.18 Å². The Bertz CT molecular complexity index is 1010. The average molecular weight is 412 g/mol. The number of allylic oxidation sites excluding steroid dienone is 2. The topological polar surface area (TPSA) is 76.5 Å². The summed E-state index contributed by atoms with van der Waals surface area (Å²) in [6, 6.07) is 6.02. The highest BCUT2D eigenvalue weighted by Crippen LogP contribution is 2.45. The number of halogens is 1. The Labute approximate surface area is 173 Å². The van der Waals surface area contributed by atoms with Gasteiger partial charge in [-0.2, -0.15) is 5.10 Å². The van der Waals surface area contributed by atoms with Gasteiger partial charge in [0.2, 0.25) is 0 Å². The Kier molecular flexibility index (Phi) is 5.38. The lowest BCUT2D eigenvalue weighted by Gasteiger charge is -2.43. The van der Waals surface area contributed by atoms with Crippen LogP contribution in [0.4, 0.5) is 10.1 Å². The molecule has 1 aromatic heterocycles. The molecule has 0 radical (unpaired) electrons. The quantitative estimate of drug-likeness (QED) is 0.616. The van der Waals surface area contributed by atoms with Crippen LogP contribution in [0.5, 0.6) is 0 Å². The van der Waals surface area contributed by atoms with Gasteiger partial charge in [0.25, 0.3) is 0 Å².